The van der Waals surface area contributed by atoms with Gasteiger partial charge in [0.15, 0.2) is 0 Å². The van der Waals surface area contributed by atoms with Crippen LogP contribution in [0.25, 0.3) is 5.65 Å². The Morgan fingerprint density at radius 3 is 2.80 bits per heavy atom. The molecule has 0 unspecified atom stereocenters. The molecule has 0 aliphatic carbocycles. The number of aromatic nitrogens is 2. The van der Waals surface area contributed by atoms with E-state index in [0.29, 0.717) is 22.6 Å². The lowest BCUT2D eigenvalue weighted by atomic mass is 10.2. The summed E-state index contributed by atoms with van der Waals surface area (Å²) in [6.45, 7) is 1.84. The maximum absolute atomic E-state index is 12.5. The molecule has 0 aliphatic rings. The number of pyridine rings is 1. The van der Waals surface area contributed by atoms with Crippen molar-refractivity contribution in [2.45, 2.75) is 13.5 Å². The Labute approximate surface area is 145 Å². The van der Waals surface area contributed by atoms with E-state index in [1.807, 2.05) is 25.1 Å². The Balaban J connectivity index is 1.87. The molecule has 25 heavy (non-hydrogen) atoms. The SMILES string of the molecule is Cc1cccc(NC(=O)c2cnc3ccc(COS(C)(=O)=O)cn23)c1. The van der Waals surface area contributed by atoms with E-state index in [9.17, 15) is 13.2 Å². The molecule has 0 saturated heterocycles. The molecule has 0 atom stereocenters. The van der Waals surface area contributed by atoms with Crippen molar-refractivity contribution in [1.82, 2.24) is 9.38 Å². The summed E-state index contributed by atoms with van der Waals surface area (Å²) < 4.78 is 28.6. The minimum absolute atomic E-state index is 0.105. The Morgan fingerprint density at radius 1 is 1.28 bits per heavy atom. The van der Waals surface area contributed by atoms with E-state index >= 15 is 0 Å². The molecule has 2 aromatic heterocycles. The molecule has 7 nitrogen and oxygen atoms in total. The molecule has 3 rings (SSSR count). The first-order valence-corrected chi connectivity index (χ1v) is 9.32. The fraction of sp³-hybridized carbons (Fsp3) is 0.176. The first-order valence-electron chi connectivity index (χ1n) is 7.50. The highest BCUT2D eigenvalue weighted by molar-refractivity contribution is 7.85. The largest absolute Gasteiger partial charge is 0.321 e. The van der Waals surface area contributed by atoms with Crippen molar-refractivity contribution in [3.8, 4) is 0 Å². The normalized spacial score (nSPS) is 11.6. The molecule has 8 heteroatoms. The Hall–Kier alpha value is -2.71. The van der Waals surface area contributed by atoms with Gasteiger partial charge in [0.25, 0.3) is 16.0 Å². The number of anilines is 1. The zero-order valence-electron chi connectivity index (χ0n) is 13.8. The molecular weight excluding hydrogens is 342 g/mol. The number of hydrogen-bond donors (Lipinski definition) is 1. The highest BCUT2D eigenvalue weighted by Gasteiger charge is 2.13. The van der Waals surface area contributed by atoms with Crippen LogP contribution in [-0.4, -0.2) is 30.0 Å². The maximum atomic E-state index is 12.5. The number of imidazole rings is 1. The molecule has 0 saturated carbocycles. The van der Waals surface area contributed by atoms with Gasteiger partial charge in [-0.05, 0) is 36.2 Å². The summed E-state index contributed by atoms with van der Waals surface area (Å²) in [7, 11) is -3.54. The summed E-state index contributed by atoms with van der Waals surface area (Å²) in [4.78, 5) is 16.7. The lowest BCUT2D eigenvalue weighted by molar-refractivity contribution is 0.102. The molecular formula is C17H17N3O4S. The van der Waals surface area contributed by atoms with Crippen molar-refractivity contribution in [3.63, 3.8) is 0 Å². The number of aryl methyl sites for hydroxylation is 1. The summed E-state index contributed by atoms with van der Waals surface area (Å²) >= 11 is 0. The summed E-state index contributed by atoms with van der Waals surface area (Å²) in [5, 5.41) is 2.83. The highest BCUT2D eigenvalue weighted by Crippen LogP contribution is 2.14. The van der Waals surface area contributed by atoms with Gasteiger partial charge in [0.05, 0.1) is 19.1 Å². The van der Waals surface area contributed by atoms with Gasteiger partial charge in [-0.3, -0.25) is 13.4 Å². The predicted octanol–water partition coefficient (Wildman–Crippen LogP) is 2.37. The zero-order valence-corrected chi connectivity index (χ0v) is 14.6. The van der Waals surface area contributed by atoms with E-state index in [0.717, 1.165) is 11.8 Å². The van der Waals surface area contributed by atoms with Gasteiger partial charge in [0, 0.05) is 11.9 Å². The van der Waals surface area contributed by atoms with Crippen molar-refractivity contribution in [2.75, 3.05) is 11.6 Å². The van der Waals surface area contributed by atoms with E-state index < -0.39 is 10.1 Å². The van der Waals surface area contributed by atoms with Gasteiger partial charge in [0.2, 0.25) is 0 Å². The van der Waals surface area contributed by atoms with E-state index in [-0.39, 0.29) is 12.5 Å². The van der Waals surface area contributed by atoms with Gasteiger partial charge < -0.3 is 5.32 Å². The van der Waals surface area contributed by atoms with Crippen LogP contribution in [0, 0.1) is 6.92 Å². The standard InChI is InChI=1S/C17H17N3O4S/c1-12-4-3-5-14(8-12)19-17(21)15-9-18-16-7-6-13(10-20(15)16)11-24-25(2,22)23/h3-10H,11H2,1-2H3,(H,19,21). The molecule has 0 bridgehead atoms. The summed E-state index contributed by atoms with van der Waals surface area (Å²) in [5.41, 5.74) is 3.27. The quantitative estimate of drug-likeness (QED) is 0.707. The number of amides is 1. The lowest BCUT2D eigenvalue weighted by Gasteiger charge is -2.07. The summed E-state index contributed by atoms with van der Waals surface area (Å²) in [6, 6.07) is 10.9. The highest BCUT2D eigenvalue weighted by atomic mass is 32.2. The van der Waals surface area contributed by atoms with Gasteiger partial charge in [-0.15, -0.1) is 0 Å². The van der Waals surface area contributed by atoms with Crippen LogP contribution >= 0.6 is 0 Å². The van der Waals surface area contributed by atoms with Crippen molar-refractivity contribution in [3.05, 3.63) is 65.6 Å². The lowest BCUT2D eigenvalue weighted by Crippen LogP contribution is -2.14. The van der Waals surface area contributed by atoms with Crippen LogP contribution in [0.1, 0.15) is 21.6 Å². The first-order chi connectivity index (χ1) is 11.8. The van der Waals surface area contributed by atoms with Crippen LogP contribution < -0.4 is 5.32 Å². The van der Waals surface area contributed by atoms with Crippen molar-refractivity contribution in [1.29, 1.82) is 0 Å². The van der Waals surface area contributed by atoms with Crippen LogP contribution in [0.4, 0.5) is 5.69 Å². The number of nitrogens with zero attached hydrogens (tertiary/aromatic N) is 2. The van der Waals surface area contributed by atoms with Gasteiger partial charge in [-0.1, -0.05) is 18.2 Å². The molecule has 3 aromatic rings. The van der Waals surface area contributed by atoms with Gasteiger partial charge in [-0.25, -0.2) is 4.98 Å². The minimum Gasteiger partial charge on any atom is -0.321 e. The third-order valence-electron chi connectivity index (χ3n) is 3.52. The van der Waals surface area contributed by atoms with Crippen molar-refractivity contribution >= 4 is 27.4 Å². The van der Waals surface area contributed by atoms with Crippen molar-refractivity contribution < 1.29 is 17.4 Å². The second-order valence-electron chi connectivity index (χ2n) is 5.70. The topological polar surface area (TPSA) is 89.8 Å². The van der Waals surface area contributed by atoms with E-state index in [2.05, 4.69) is 10.3 Å². The predicted molar refractivity (Wildman–Crippen MR) is 94.0 cm³/mol. The fourth-order valence-corrected chi connectivity index (χ4v) is 2.72. The maximum Gasteiger partial charge on any atom is 0.274 e. The molecule has 130 valence electrons. The second kappa shape index (κ2) is 6.66. The molecule has 1 aromatic carbocycles. The number of carbonyl (C=O) groups excluding carboxylic acids is 1. The number of carbonyl (C=O) groups is 1. The Morgan fingerprint density at radius 2 is 2.08 bits per heavy atom. The molecule has 0 fully saturated rings. The van der Waals surface area contributed by atoms with E-state index in [1.165, 1.54) is 6.20 Å². The number of benzene rings is 1. The van der Waals surface area contributed by atoms with E-state index in [4.69, 9.17) is 4.18 Å². The van der Waals surface area contributed by atoms with Gasteiger partial charge in [0.1, 0.15) is 11.3 Å². The monoisotopic (exact) mass is 359 g/mol. The average Bonchev–Trinajstić information content (AvgIpc) is 2.95. The number of fused-ring (bicyclic) bond motifs is 1. The molecule has 0 radical (unpaired) electrons. The number of rotatable bonds is 5. The Bertz CT molecular complexity index is 1040. The molecule has 2 heterocycles. The van der Waals surface area contributed by atoms with Gasteiger partial charge in [-0.2, -0.15) is 8.42 Å². The van der Waals surface area contributed by atoms with Crippen LogP contribution in [0.2, 0.25) is 0 Å². The van der Waals surface area contributed by atoms with Gasteiger partial charge >= 0.3 is 0 Å². The zero-order chi connectivity index (χ0) is 18.0. The fourth-order valence-electron chi connectivity index (χ4n) is 2.37. The number of hydrogen-bond acceptors (Lipinski definition) is 5. The average molecular weight is 359 g/mol. The third-order valence-corrected chi connectivity index (χ3v) is 4.06. The van der Waals surface area contributed by atoms with Crippen LogP contribution in [0.5, 0.6) is 0 Å². The van der Waals surface area contributed by atoms with Crippen LogP contribution in [0.3, 0.4) is 0 Å². The second-order valence-corrected chi connectivity index (χ2v) is 7.34. The summed E-state index contributed by atoms with van der Waals surface area (Å²) in [5.74, 6) is -0.306. The van der Waals surface area contributed by atoms with Crippen molar-refractivity contribution in [2.24, 2.45) is 0 Å². The third kappa shape index (κ3) is 4.23. The Kier molecular flexibility index (Phi) is 4.56. The first kappa shape index (κ1) is 17.1. The molecule has 0 aliphatic heterocycles. The molecule has 1 amide bonds. The number of nitrogens with one attached hydrogen (secondary N) is 1. The van der Waals surface area contributed by atoms with E-state index in [1.54, 1.807) is 28.8 Å². The molecule has 0 spiro atoms. The minimum atomic E-state index is -3.54. The van der Waals surface area contributed by atoms with Crippen LogP contribution in [0.15, 0.2) is 48.8 Å². The molecule has 1 N–H and O–H groups in total. The smallest absolute Gasteiger partial charge is 0.274 e. The summed E-state index contributed by atoms with van der Waals surface area (Å²) in [6.07, 6.45) is 4.10. The van der Waals surface area contributed by atoms with Crippen LogP contribution in [-0.2, 0) is 20.9 Å².